The molecule has 1 aromatic carbocycles. The first-order valence-electron chi connectivity index (χ1n) is 9.32. The van der Waals surface area contributed by atoms with Crippen LogP contribution in [0.25, 0.3) is 0 Å². The third-order valence-electron chi connectivity index (χ3n) is 4.77. The number of nitrogens with zero attached hydrogens (tertiary/aromatic N) is 2. The molecule has 28 heavy (non-hydrogen) atoms. The van der Waals surface area contributed by atoms with Gasteiger partial charge in [-0.2, -0.15) is 13.2 Å². The molecule has 1 aromatic rings. The zero-order valence-electron chi connectivity index (χ0n) is 16.6. The average molecular weight is 401 g/mol. The molecule has 1 aliphatic heterocycles. The highest BCUT2D eigenvalue weighted by molar-refractivity contribution is 5.91. The van der Waals surface area contributed by atoms with Crippen LogP contribution >= 0.6 is 0 Å². The van der Waals surface area contributed by atoms with Gasteiger partial charge >= 0.3 is 6.18 Å². The number of rotatable bonds is 6. The van der Waals surface area contributed by atoms with Crippen molar-refractivity contribution in [3.63, 3.8) is 0 Å². The number of hydrogen-bond acceptors (Lipinski definition) is 3. The summed E-state index contributed by atoms with van der Waals surface area (Å²) < 4.78 is 54.7. The first-order valence-corrected chi connectivity index (χ1v) is 9.32. The summed E-state index contributed by atoms with van der Waals surface area (Å²) in [5.74, 6) is -2.02. The van der Waals surface area contributed by atoms with Crippen LogP contribution < -0.4 is 5.73 Å². The molecule has 0 saturated heterocycles. The van der Waals surface area contributed by atoms with Crippen molar-refractivity contribution < 1.29 is 22.4 Å². The minimum atomic E-state index is -4.81. The fraction of sp³-hybridized carbons (Fsp3) is 0.550. The third kappa shape index (κ3) is 4.42. The van der Waals surface area contributed by atoms with Gasteiger partial charge in [0.1, 0.15) is 17.7 Å². The van der Waals surface area contributed by atoms with Crippen LogP contribution in [0.3, 0.4) is 0 Å². The van der Waals surface area contributed by atoms with Gasteiger partial charge in [0.2, 0.25) is 0 Å². The molecule has 0 saturated carbocycles. The molecule has 0 aromatic heterocycles. The van der Waals surface area contributed by atoms with Gasteiger partial charge in [-0.15, -0.1) is 0 Å². The lowest BCUT2D eigenvalue weighted by molar-refractivity contribution is -0.140. The zero-order valence-corrected chi connectivity index (χ0v) is 16.6. The lowest BCUT2D eigenvalue weighted by Gasteiger charge is -2.41. The highest BCUT2D eigenvalue weighted by Crippen LogP contribution is 2.43. The number of carbonyl (C=O) groups is 1. The number of primary amides is 1. The third-order valence-corrected chi connectivity index (χ3v) is 4.77. The number of benzene rings is 1. The number of alkyl halides is 3. The summed E-state index contributed by atoms with van der Waals surface area (Å²) in [5, 5.41) is 0. The fourth-order valence-corrected chi connectivity index (χ4v) is 3.38. The van der Waals surface area contributed by atoms with Crippen molar-refractivity contribution >= 4 is 5.91 Å². The molecule has 4 nitrogen and oxygen atoms in total. The molecule has 0 radical (unpaired) electrons. The summed E-state index contributed by atoms with van der Waals surface area (Å²) in [6, 6.07) is 3.24. The Balaban J connectivity index is 2.60. The van der Waals surface area contributed by atoms with E-state index >= 15 is 0 Å². The van der Waals surface area contributed by atoms with Gasteiger partial charge in [-0.05, 0) is 33.3 Å². The second-order valence-electron chi connectivity index (χ2n) is 7.94. The second-order valence-corrected chi connectivity index (χ2v) is 7.94. The largest absolute Gasteiger partial charge is 0.419 e. The second kappa shape index (κ2) is 8.01. The van der Waals surface area contributed by atoms with Crippen molar-refractivity contribution in [3.8, 4) is 0 Å². The molecule has 156 valence electrons. The predicted octanol–water partition coefficient (Wildman–Crippen LogP) is 4.78. The first-order chi connectivity index (χ1) is 12.9. The number of amides is 1. The van der Waals surface area contributed by atoms with E-state index in [9.17, 15) is 22.4 Å². The molecule has 2 rings (SSSR count). The summed E-state index contributed by atoms with van der Waals surface area (Å²) in [5.41, 5.74) is 3.67. The minimum absolute atomic E-state index is 0.131. The molecule has 2 N–H and O–H groups in total. The van der Waals surface area contributed by atoms with Crippen molar-refractivity contribution in [3.05, 3.63) is 47.0 Å². The van der Waals surface area contributed by atoms with Gasteiger partial charge in [-0.1, -0.05) is 31.9 Å². The maximum absolute atomic E-state index is 15.0. The Morgan fingerprint density at radius 1 is 1.18 bits per heavy atom. The molecular weight excluding hydrogens is 374 g/mol. The summed E-state index contributed by atoms with van der Waals surface area (Å²) in [6.07, 6.45) is -1.67. The molecule has 0 fully saturated rings. The molecule has 0 bridgehead atoms. The number of halogens is 4. The molecule has 8 heteroatoms. The maximum Gasteiger partial charge on any atom is 0.419 e. The summed E-state index contributed by atoms with van der Waals surface area (Å²) in [4.78, 5) is 15.3. The number of carbonyl (C=O) groups excluding carboxylic acids is 1. The topological polar surface area (TPSA) is 49.6 Å². The molecule has 0 spiro atoms. The van der Waals surface area contributed by atoms with Gasteiger partial charge in [-0.3, -0.25) is 4.79 Å². The van der Waals surface area contributed by atoms with Crippen molar-refractivity contribution in [1.82, 2.24) is 9.80 Å². The maximum atomic E-state index is 15.0. The Kier molecular flexibility index (Phi) is 6.31. The lowest BCUT2D eigenvalue weighted by Crippen LogP contribution is -2.43. The summed E-state index contributed by atoms with van der Waals surface area (Å²) in [7, 11) is 0. The zero-order chi connectivity index (χ0) is 21.3. The van der Waals surface area contributed by atoms with E-state index in [-0.39, 0.29) is 11.3 Å². The number of nitrogens with two attached hydrogens (primary N) is 1. The summed E-state index contributed by atoms with van der Waals surface area (Å²) >= 11 is 0. The Morgan fingerprint density at radius 2 is 1.82 bits per heavy atom. The van der Waals surface area contributed by atoms with E-state index in [1.807, 2.05) is 27.7 Å². The Bertz CT molecular complexity index is 753. The molecule has 1 atom stereocenters. The van der Waals surface area contributed by atoms with Crippen molar-refractivity contribution in [2.45, 2.75) is 64.8 Å². The van der Waals surface area contributed by atoms with Crippen LogP contribution in [0.15, 0.2) is 30.1 Å². The van der Waals surface area contributed by atoms with E-state index in [4.69, 9.17) is 5.73 Å². The van der Waals surface area contributed by atoms with Gasteiger partial charge in [0.25, 0.3) is 5.91 Å². The van der Waals surface area contributed by atoms with E-state index in [2.05, 4.69) is 0 Å². The van der Waals surface area contributed by atoms with E-state index in [0.29, 0.717) is 13.0 Å². The van der Waals surface area contributed by atoms with Crippen LogP contribution in [0.1, 0.15) is 64.3 Å². The van der Waals surface area contributed by atoms with Crippen LogP contribution in [-0.2, 0) is 11.0 Å². The molecule has 1 unspecified atom stereocenters. The van der Waals surface area contributed by atoms with Crippen LogP contribution in [-0.4, -0.2) is 27.8 Å². The normalized spacial score (nSPS) is 17.9. The van der Waals surface area contributed by atoms with E-state index in [0.717, 1.165) is 18.9 Å². The van der Waals surface area contributed by atoms with E-state index < -0.39 is 35.2 Å². The van der Waals surface area contributed by atoms with Gasteiger partial charge < -0.3 is 15.5 Å². The van der Waals surface area contributed by atoms with Crippen molar-refractivity contribution in [2.75, 3.05) is 6.54 Å². The molecule has 1 heterocycles. The Morgan fingerprint density at radius 3 is 2.32 bits per heavy atom. The number of hydrogen-bond donors (Lipinski definition) is 1. The van der Waals surface area contributed by atoms with Gasteiger partial charge in [-0.25, -0.2) is 4.39 Å². The SMILES string of the molecule is CCCCCN1C(C(N)=O)=CN(C(C)(C)C)C1c1cccc(C(F)(F)F)c1F. The van der Waals surface area contributed by atoms with Crippen LogP contribution in [0.5, 0.6) is 0 Å². The standard InChI is InChI=1S/C20H27F4N3O/c1-5-6-7-11-26-15(17(25)28)12-27(19(2,3)4)18(26)13-9-8-10-14(16(13)21)20(22,23)24/h8-10,12,18H,5-7,11H2,1-4H3,(H2,25,28). The molecule has 0 aliphatic carbocycles. The first kappa shape index (κ1) is 22.0. The minimum Gasteiger partial charge on any atom is -0.364 e. The monoisotopic (exact) mass is 401 g/mol. The highest BCUT2D eigenvalue weighted by Gasteiger charge is 2.43. The smallest absolute Gasteiger partial charge is 0.364 e. The lowest BCUT2D eigenvalue weighted by atomic mass is 10.0. The van der Waals surface area contributed by atoms with Crippen LogP contribution in [0.4, 0.5) is 17.6 Å². The highest BCUT2D eigenvalue weighted by atomic mass is 19.4. The summed E-state index contributed by atoms with van der Waals surface area (Å²) in [6.45, 7) is 7.93. The van der Waals surface area contributed by atoms with Gasteiger partial charge in [0.15, 0.2) is 0 Å². The van der Waals surface area contributed by atoms with Crippen LogP contribution in [0.2, 0.25) is 0 Å². The molecular formula is C20H27F4N3O. The van der Waals surface area contributed by atoms with E-state index in [1.54, 1.807) is 9.80 Å². The molecule has 1 aliphatic rings. The fourth-order valence-electron chi connectivity index (χ4n) is 3.38. The van der Waals surface area contributed by atoms with Crippen molar-refractivity contribution in [1.29, 1.82) is 0 Å². The predicted molar refractivity (Wildman–Crippen MR) is 99.2 cm³/mol. The van der Waals surface area contributed by atoms with Gasteiger partial charge in [0, 0.05) is 23.8 Å². The average Bonchev–Trinajstić information content (AvgIpc) is 2.94. The quantitative estimate of drug-likeness (QED) is 0.552. The Hall–Kier alpha value is -2.25. The molecule has 1 amide bonds. The van der Waals surface area contributed by atoms with E-state index in [1.165, 1.54) is 18.3 Å². The van der Waals surface area contributed by atoms with Crippen LogP contribution in [0, 0.1) is 5.82 Å². The Labute approximate surface area is 163 Å². The van der Waals surface area contributed by atoms with Gasteiger partial charge in [0.05, 0.1) is 5.56 Å². The number of unbranched alkanes of at least 4 members (excludes halogenated alkanes) is 2. The van der Waals surface area contributed by atoms with Crippen molar-refractivity contribution in [2.24, 2.45) is 5.73 Å².